The third-order valence-corrected chi connectivity index (χ3v) is 2.18. The van der Waals surface area contributed by atoms with Gasteiger partial charge in [-0.25, -0.2) is 0 Å². The molecule has 4 heteroatoms. The summed E-state index contributed by atoms with van der Waals surface area (Å²) in [7, 11) is 0. The number of carbonyl (C=O) groups excluding carboxylic acids is 2. The Kier molecular flexibility index (Phi) is 4.05. The van der Waals surface area contributed by atoms with Gasteiger partial charge in [-0.3, -0.25) is 9.59 Å². The van der Waals surface area contributed by atoms with Crippen LogP contribution in [0.5, 0.6) is 11.5 Å². The summed E-state index contributed by atoms with van der Waals surface area (Å²) < 4.78 is 0. The van der Waals surface area contributed by atoms with E-state index in [2.05, 4.69) is 0 Å². The second kappa shape index (κ2) is 5.30. The van der Waals surface area contributed by atoms with Gasteiger partial charge in [0.2, 0.25) is 0 Å². The number of ketones is 2. The fourth-order valence-electron chi connectivity index (χ4n) is 1.37. The first kappa shape index (κ1) is 12.2. The normalized spacial score (nSPS) is 10.1. The van der Waals surface area contributed by atoms with Gasteiger partial charge in [0.1, 0.15) is 11.6 Å². The van der Waals surface area contributed by atoms with Crippen LogP contribution >= 0.6 is 0 Å². The Balaban J connectivity index is 2.51. The molecule has 86 valence electrons. The summed E-state index contributed by atoms with van der Waals surface area (Å²) in [5.41, 5.74) is 0.757. The minimum atomic E-state index is -0.198. The molecule has 1 aromatic rings. The highest BCUT2D eigenvalue weighted by atomic mass is 16.3. The first-order chi connectivity index (χ1) is 7.49. The molecule has 0 spiro atoms. The standard InChI is InChI=1S/C12H14O4/c1-8(13)6-10(14)4-2-9-3-5-11(15)12(16)7-9/h3,5,7,15-16H,2,4,6H2,1H3. The minimum Gasteiger partial charge on any atom is -0.504 e. The van der Waals surface area contributed by atoms with Crippen LogP contribution in [0.15, 0.2) is 18.2 Å². The molecular weight excluding hydrogens is 208 g/mol. The predicted molar refractivity (Wildman–Crippen MR) is 58.4 cm³/mol. The number of rotatable bonds is 5. The molecule has 0 atom stereocenters. The van der Waals surface area contributed by atoms with Crippen LogP contribution in [0.4, 0.5) is 0 Å². The molecule has 0 unspecified atom stereocenters. The lowest BCUT2D eigenvalue weighted by molar-refractivity contribution is -0.125. The zero-order chi connectivity index (χ0) is 12.1. The lowest BCUT2D eigenvalue weighted by atomic mass is 10.0. The first-order valence-corrected chi connectivity index (χ1v) is 5.01. The van der Waals surface area contributed by atoms with Crippen LogP contribution in [-0.2, 0) is 16.0 Å². The lowest BCUT2D eigenvalue weighted by Crippen LogP contribution is -2.05. The van der Waals surface area contributed by atoms with Crippen molar-refractivity contribution in [2.45, 2.75) is 26.2 Å². The summed E-state index contributed by atoms with van der Waals surface area (Å²) in [6.07, 6.45) is 0.688. The molecule has 16 heavy (non-hydrogen) atoms. The van der Waals surface area contributed by atoms with E-state index < -0.39 is 0 Å². The van der Waals surface area contributed by atoms with Crippen molar-refractivity contribution < 1.29 is 19.8 Å². The number of hydrogen-bond donors (Lipinski definition) is 2. The van der Waals surface area contributed by atoms with Gasteiger partial charge in [-0.2, -0.15) is 0 Å². The van der Waals surface area contributed by atoms with Gasteiger partial charge in [0.25, 0.3) is 0 Å². The van der Waals surface area contributed by atoms with Crippen molar-refractivity contribution in [2.75, 3.05) is 0 Å². The molecule has 0 aliphatic rings. The molecule has 0 aliphatic heterocycles. The maximum Gasteiger partial charge on any atom is 0.157 e. The highest BCUT2D eigenvalue weighted by Crippen LogP contribution is 2.25. The smallest absolute Gasteiger partial charge is 0.157 e. The van der Waals surface area contributed by atoms with Crippen molar-refractivity contribution in [3.05, 3.63) is 23.8 Å². The Hall–Kier alpha value is -1.84. The molecular formula is C12H14O4. The van der Waals surface area contributed by atoms with Gasteiger partial charge in [0.15, 0.2) is 11.5 Å². The SMILES string of the molecule is CC(=O)CC(=O)CCc1ccc(O)c(O)c1. The number of aryl methyl sites for hydroxylation is 1. The molecule has 0 saturated carbocycles. The van der Waals surface area contributed by atoms with Crippen molar-refractivity contribution in [1.82, 2.24) is 0 Å². The minimum absolute atomic E-state index is 0.0376. The van der Waals surface area contributed by atoms with Crippen molar-refractivity contribution in [3.63, 3.8) is 0 Å². The molecule has 0 aromatic heterocycles. The Labute approximate surface area is 93.5 Å². The molecule has 0 radical (unpaired) electrons. The average molecular weight is 222 g/mol. The van der Waals surface area contributed by atoms with Crippen LogP contribution in [0.1, 0.15) is 25.3 Å². The van der Waals surface area contributed by atoms with Gasteiger partial charge in [-0.1, -0.05) is 6.07 Å². The van der Waals surface area contributed by atoms with E-state index in [0.29, 0.717) is 6.42 Å². The highest BCUT2D eigenvalue weighted by molar-refractivity contribution is 5.97. The summed E-state index contributed by atoms with van der Waals surface area (Å²) in [5, 5.41) is 18.3. The van der Waals surface area contributed by atoms with Crippen LogP contribution in [0.25, 0.3) is 0 Å². The fraction of sp³-hybridized carbons (Fsp3) is 0.333. The molecule has 0 bridgehead atoms. The Morgan fingerprint density at radius 1 is 1.19 bits per heavy atom. The zero-order valence-corrected chi connectivity index (χ0v) is 9.06. The number of hydrogen-bond acceptors (Lipinski definition) is 4. The molecule has 0 amide bonds. The van der Waals surface area contributed by atoms with Crippen LogP contribution in [0.2, 0.25) is 0 Å². The Bertz CT molecular complexity index is 409. The number of phenolic OH excluding ortho intramolecular Hbond substituents is 2. The fourth-order valence-corrected chi connectivity index (χ4v) is 1.37. The van der Waals surface area contributed by atoms with E-state index in [4.69, 9.17) is 5.11 Å². The molecule has 0 heterocycles. The summed E-state index contributed by atoms with van der Waals surface area (Å²) >= 11 is 0. The zero-order valence-electron chi connectivity index (χ0n) is 9.06. The van der Waals surface area contributed by atoms with Gasteiger partial charge >= 0.3 is 0 Å². The second-order valence-corrected chi connectivity index (χ2v) is 3.74. The molecule has 4 nitrogen and oxygen atoms in total. The summed E-state index contributed by atoms with van der Waals surface area (Å²) in [5.74, 6) is -0.631. The third-order valence-electron chi connectivity index (χ3n) is 2.18. The summed E-state index contributed by atoms with van der Waals surface area (Å²) in [6.45, 7) is 1.38. The van der Waals surface area contributed by atoms with Gasteiger partial charge < -0.3 is 10.2 Å². The molecule has 1 aromatic carbocycles. The van der Waals surface area contributed by atoms with E-state index in [1.165, 1.54) is 19.1 Å². The third kappa shape index (κ3) is 3.73. The second-order valence-electron chi connectivity index (χ2n) is 3.74. The summed E-state index contributed by atoms with van der Waals surface area (Å²) in [4.78, 5) is 21.9. The van der Waals surface area contributed by atoms with Gasteiger partial charge in [-0.05, 0) is 31.0 Å². The topological polar surface area (TPSA) is 74.6 Å². The number of aromatic hydroxyl groups is 2. The molecule has 2 N–H and O–H groups in total. The maximum absolute atomic E-state index is 11.2. The van der Waals surface area contributed by atoms with E-state index in [-0.39, 0.29) is 35.9 Å². The molecule has 1 rings (SSSR count). The van der Waals surface area contributed by atoms with E-state index in [1.54, 1.807) is 6.07 Å². The van der Waals surface area contributed by atoms with Crippen LogP contribution in [0, 0.1) is 0 Å². The monoisotopic (exact) mass is 222 g/mol. The van der Waals surface area contributed by atoms with Crippen LogP contribution in [-0.4, -0.2) is 21.8 Å². The van der Waals surface area contributed by atoms with E-state index in [0.717, 1.165) is 5.56 Å². The first-order valence-electron chi connectivity index (χ1n) is 5.01. The van der Waals surface area contributed by atoms with Gasteiger partial charge in [-0.15, -0.1) is 0 Å². The van der Waals surface area contributed by atoms with Crippen molar-refractivity contribution in [1.29, 1.82) is 0 Å². The Morgan fingerprint density at radius 2 is 1.88 bits per heavy atom. The molecule has 0 fully saturated rings. The van der Waals surface area contributed by atoms with Crippen molar-refractivity contribution in [2.24, 2.45) is 0 Å². The van der Waals surface area contributed by atoms with Crippen LogP contribution < -0.4 is 0 Å². The highest BCUT2D eigenvalue weighted by Gasteiger charge is 2.07. The van der Waals surface area contributed by atoms with E-state index in [9.17, 15) is 14.7 Å². The summed E-state index contributed by atoms with van der Waals surface area (Å²) in [6, 6.07) is 4.42. The van der Waals surface area contributed by atoms with Gasteiger partial charge in [0.05, 0.1) is 6.42 Å². The van der Waals surface area contributed by atoms with E-state index >= 15 is 0 Å². The Morgan fingerprint density at radius 3 is 2.44 bits per heavy atom. The van der Waals surface area contributed by atoms with Crippen molar-refractivity contribution in [3.8, 4) is 11.5 Å². The largest absolute Gasteiger partial charge is 0.504 e. The lowest BCUT2D eigenvalue weighted by Gasteiger charge is -2.02. The number of benzene rings is 1. The molecule has 0 saturated heterocycles. The van der Waals surface area contributed by atoms with Crippen molar-refractivity contribution >= 4 is 11.6 Å². The predicted octanol–water partition coefficient (Wildman–Crippen LogP) is 1.58. The van der Waals surface area contributed by atoms with E-state index in [1.807, 2.05) is 0 Å². The average Bonchev–Trinajstić information content (AvgIpc) is 2.19. The number of carbonyl (C=O) groups is 2. The van der Waals surface area contributed by atoms with Gasteiger partial charge in [0, 0.05) is 6.42 Å². The quantitative estimate of drug-likeness (QED) is 0.586. The molecule has 0 aliphatic carbocycles. The maximum atomic E-state index is 11.2. The number of Topliss-reactive ketones (excluding diaryl/α,β-unsaturated/α-hetero) is 2. The number of phenols is 2. The van der Waals surface area contributed by atoms with Crippen LogP contribution in [0.3, 0.4) is 0 Å².